The molecule has 7 heteroatoms. The van der Waals surface area contributed by atoms with Crippen molar-refractivity contribution in [1.29, 1.82) is 5.26 Å². The third-order valence-corrected chi connectivity index (χ3v) is 2.56. The third kappa shape index (κ3) is 5.71. The van der Waals surface area contributed by atoms with E-state index >= 15 is 0 Å². The number of anilines is 1. The van der Waals surface area contributed by atoms with E-state index in [2.05, 4.69) is 10.1 Å². The molecule has 7 nitrogen and oxygen atoms in total. The van der Waals surface area contributed by atoms with Gasteiger partial charge in [0.2, 0.25) is 0 Å². The van der Waals surface area contributed by atoms with Gasteiger partial charge in [-0.2, -0.15) is 5.26 Å². The first-order chi connectivity index (χ1) is 10.7. The number of rotatable bonds is 3. The van der Waals surface area contributed by atoms with Crippen LogP contribution in [-0.4, -0.2) is 24.8 Å². The van der Waals surface area contributed by atoms with Crippen LogP contribution in [0.1, 0.15) is 31.9 Å². The molecule has 0 aliphatic rings. The number of amides is 1. The van der Waals surface area contributed by atoms with Gasteiger partial charge in [-0.3, -0.25) is 5.32 Å². The van der Waals surface area contributed by atoms with E-state index < -0.39 is 17.7 Å². The predicted octanol–water partition coefficient (Wildman–Crippen LogP) is 2.18. The zero-order valence-electron chi connectivity index (χ0n) is 13.5. The molecule has 1 aromatic rings. The van der Waals surface area contributed by atoms with Crippen LogP contribution in [0.2, 0.25) is 0 Å². The summed E-state index contributed by atoms with van der Waals surface area (Å²) in [6.07, 6.45) is 0.524. The predicted molar refractivity (Wildman–Crippen MR) is 84.9 cm³/mol. The van der Waals surface area contributed by atoms with Crippen molar-refractivity contribution < 1.29 is 19.1 Å². The second kappa shape index (κ2) is 7.31. The smallest absolute Gasteiger partial charge is 0.412 e. The Balaban J connectivity index is 3.15. The molecule has 0 saturated carbocycles. The van der Waals surface area contributed by atoms with Gasteiger partial charge in [-0.05, 0) is 45.0 Å². The Hall–Kier alpha value is -3.01. The molecule has 3 N–H and O–H groups in total. The number of ether oxygens (including phenoxy) is 2. The number of carbonyl (C=O) groups excluding carboxylic acids is 2. The number of hydrogen-bond acceptors (Lipinski definition) is 6. The highest BCUT2D eigenvalue weighted by Gasteiger charge is 2.20. The first-order valence-corrected chi connectivity index (χ1v) is 6.76. The van der Waals surface area contributed by atoms with Gasteiger partial charge >= 0.3 is 12.1 Å². The maximum atomic E-state index is 11.8. The molecule has 1 aromatic carbocycles. The van der Waals surface area contributed by atoms with Crippen LogP contribution in [0.15, 0.2) is 23.9 Å². The zero-order valence-corrected chi connectivity index (χ0v) is 13.5. The lowest BCUT2D eigenvalue weighted by Gasteiger charge is -2.20. The first kappa shape index (κ1) is 18.0. The Labute approximate surface area is 134 Å². The number of nitrogens with one attached hydrogen (secondary N) is 1. The summed E-state index contributed by atoms with van der Waals surface area (Å²) in [5.41, 5.74) is 6.06. The standard InChI is InChI=1S/C16H19N3O4/c1-16(2,3)23-15(21)19-13(14(20)22-4)8-11-7-10(9-17)5-6-12(11)18/h5-8H,18H2,1-4H3,(H,19,21)/b13-8-. The minimum Gasteiger partial charge on any atom is -0.464 e. The van der Waals surface area contributed by atoms with E-state index in [0.717, 1.165) is 0 Å². The van der Waals surface area contributed by atoms with E-state index in [9.17, 15) is 9.59 Å². The second-order valence-electron chi connectivity index (χ2n) is 5.63. The van der Waals surface area contributed by atoms with Crippen molar-refractivity contribution in [3.63, 3.8) is 0 Å². The van der Waals surface area contributed by atoms with Crippen molar-refractivity contribution >= 4 is 23.8 Å². The van der Waals surface area contributed by atoms with Crippen molar-refractivity contribution in [3.8, 4) is 6.07 Å². The van der Waals surface area contributed by atoms with Gasteiger partial charge in [0.1, 0.15) is 11.3 Å². The van der Waals surface area contributed by atoms with Crippen LogP contribution in [-0.2, 0) is 14.3 Å². The lowest BCUT2D eigenvalue weighted by molar-refractivity contribution is -0.136. The summed E-state index contributed by atoms with van der Waals surface area (Å²) in [5.74, 6) is -0.766. The van der Waals surface area contributed by atoms with E-state index in [1.165, 1.54) is 25.3 Å². The van der Waals surface area contributed by atoms with Gasteiger partial charge in [0.15, 0.2) is 0 Å². The monoisotopic (exact) mass is 317 g/mol. The maximum Gasteiger partial charge on any atom is 0.412 e. The molecule has 0 bridgehead atoms. The largest absolute Gasteiger partial charge is 0.464 e. The van der Waals surface area contributed by atoms with Gasteiger partial charge < -0.3 is 15.2 Å². The summed E-state index contributed by atoms with van der Waals surface area (Å²) in [6.45, 7) is 5.09. The summed E-state index contributed by atoms with van der Waals surface area (Å²) in [6, 6.07) is 6.55. The number of alkyl carbamates (subject to hydrolysis) is 1. The number of esters is 1. The van der Waals surface area contributed by atoms with Gasteiger partial charge in [0.25, 0.3) is 0 Å². The Morgan fingerprint density at radius 3 is 2.52 bits per heavy atom. The van der Waals surface area contributed by atoms with Crippen LogP contribution in [0, 0.1) is 11.3 Å². The Kier molecular flexibility index (Phi) is 5.74. The number of nitrogen functional groups attached to an aromatic ring is 1. The van der Waals surface area contributed by atoms with E-state index in [1.54, 1.807) is 26.8 Å². The summed E-state index contributed by atoms with van der Waals surface area (Å²) in [5, 5.41) is 11.2. The van der Waals surface area contributed by atoms with Crippen molar-refractivity contribution in [2.45, 2.75) is 26.4 Å². The SMILES string of the molecule is COC(=O)/C(=C/c1cc(C#N)ccc1N)NC(=O)OC(C)(C)C. The van der Waals surface area contributed by atoms with Crippen LogP contribution >= 0.6 is 0 Å². The molecule has 0 aliphatic heterocycles. The van der Waals surface area contributed by atoms with Crippen molar-refractivity contribution in [2.24, 2.45) is 0 Å². The van der Waals surface area contributed by atoms with E-state index in [4.69, 9.17) is 15.7 Å². The third-order valence-electron chi connectivity index (χ3n) is 2.56. The Morgan fingerprint density at radius 2 is 2.00 bits per heavy atom. The Bertz CT molecular complexity index is 682. The molecule has 1 amide bonds. The van der Waals surface area contributed by atoms with E-state index in [1.807, 2.05) is 6.07 Å². The quantitative estimate of drug-likeness (QED) is 0.501. The molecule has 122 valence electrons. The number of nitriles is 1. The van der Waals surface area contributed by atoms with Crippen molar-refractivity contribution in [2.75, 3.05) is 12.8 Å². The van der Waals surface area contributed by atoms with Crippen molar-refractivity contribution in [3.05, 3.63) is 35.0 Å². The fourth-order valence-corrected chi connectivity index (χ4v) is 1.59. The van der Waals surface area contributed by atoms with Gasteiger partial charge in [-0.25, -0.2) is 9.59 Å². The molecule has 0 unspecified atom stereocenters. The number of carbonyl (C=O) groups is 2. The number of nitrogens with zero attached hydrogens (tertiary/aromatic N) is 1. The van der Waals surface area contributed by atoms with Gasteiger partial charge in [-0.1, -0.05) is 0 Å². The molecule has 0 heterocycles. The molecular weight excluding hydrogens is 298 g/mol. The van der Waals surface area contributed by atoms with Crippen LogP contribution < -0.4 is 11.1 Å². The maximum absolute atomic E-state index is 11.8. The number of methoxy groups -OCH3 is 1. The van der Waals surface area contributed by atoms with Gasteiger partial charge in [0.05, 0.1) is 18.7 Å². The Morgan fingerprint density at radius 1 is 1.35 bits per heavy atom. The lowest BCUT2D eigenvalue weighted by atomic mass is 10.1. The highest BCUT2D eigenvalue weighted by atomic mass is 16.6. The lowest BCUT2D eigenvalue weighted by Crippen LogP contribution is -2.34. The summed E-state index contributed by atoms with van der Waals surface area (Å²) in [7, 11) is 1.18. The molecule has 1 rings (SSSR count). The molecule has 0 saturated heterocycles. The normalized spacial score (nSPS) is 11.3. The van der Waals surface area contributed by atoms with Gasteiger partial charge in [0, 0.05) is 11.3 Å². The topological polar surface area (TPSA) is 114 Å². The molecule has 23 heavy (non-hydrogen) atoms. The molecular formula is C16H19N3O4. The minimum absolute atomic E-state index is 0.150. The highest BCUT2D eigenvalue weighted by molar-refractivity contribution is 5.97. The second-order valence-corrected chi connectivity index (χ2v) is 5.63. The molecule has 0 atom stereocenters. The molecule has 0 fully saturated rings. The average Bonchev–Trinajstić information content (AvgIpc) is 2.45. The summed E-state index contributed by atoms with van der Waals surface area (Å²) in [4.78, 5) is 23.6. The molecule has 0 aromatic heterocycles. The van der Waals surface area contributed by atoms with Crippen molar-refractivity contribution in [1.82, 2.24) is 5.32 Å². The fourth-order valence-electron chi connectivity index (χ4n) is 1.59. The van der Waals surface area contributed by atoms with Crippen LogP contribution in [0.5, 0.6) is 0 Å². The molecule has 0 radical (unpaired) electrons. The number of nitrogens with two attached hydrogens (primary N) is 1. The molecule has 0 spiro atoms. The van der Waals surface area contributed by atoms with E-state index in [0.29, 0.717) is 16.8 Å². The fraction of sp³-hybridized carbons (Fsp3) is 0.312. The summed E-state index contributed by atoms with van der Waals surface area (Å²) < 4.78 is 9.72. The highest BCUT2D eigenvalue weighted by Crippen LogP contribution is 2.17. The van der Waals surface area contributed by atoms with E-state index in [-0.39, 0.29) is 5.70 Å². The first-order valence-electron chi connectivity index (χ1n) is 6.76. The average molecular weight is 317 g/mol. The molecule has 0 aliphatic carbocycles. The summed E-state index contributed by atoms with van der Waals surface area (Å²) >= 11 is 0. The minimum atomic E-state index is -0.802. The number of hydrogen-bond donors (Lipinski definition) is 2. The number of benzene rings is 1. The van der Waals surface area contributed by atoms with Gasteiger partial charge in [-0.15, -0.1) is 0 Å². The van der Waals surface area contributed by atoms with Crippen LogP contribution in [0.25, 0.3) is 6.08 Å². The zero-order chi connectivity index (χ0) is 17.6. The van der Waals surface area contributed by atoms with Crippen LogP contribution in [0.3, 0.4) is 0 Å². The van der Waals surface area contributed by atoms with Crippen LogP contribution in [0.4, 0.5) is 10.5 Å².